The number of hydrogen-bond donors (Lipinski definition) is 0. The molecule has 0 unspecified atom stereocenters. The Hall–Kier alpha value is 0.640. The van der Waals surface area contributed by atoms with E-state index in [1.54, 1.807) is 0 Å². The quantitative estimate of drug-likeness (QED) is 0.354. The molecule has 18 heavy (non-hydrogen) atoms. The fraction of sp³-hybridized carbons (Fsp3) is 0. The van der Waals surface area contributed by atoms with Crippen LogP contribution in [-0.2, 0) is 0 Å². The van der Waals surface area contributed by atoms with E-state index in [0.717, 1.165) is 29.0 Å². The van der Waals surface area contributed by atoms with Gasteiger partial charge in [-0.3, -0.25) is 0 Å². The van der Waals surface area contributed by atoms with Crippen LogP contribution in [0, 0.1) is 0 Å². The molecular weight excluding hydrogens is 560 g/mol. The average Bonchev–Trinajstić information content (AvgIpc) is 2.39. The first kappa shape index (κ1) is 15.0. The zero-order valence-corrected chi connectivity index (χ0v) is 16.6. The van der Waals surface area contributed by atoms with Crippen LogP contribution in [0.4, 0.5) is 0 Å². The highest BCUT2D eigenvalue weighted by atomic mass is 79.9. The van der Waals surface area contributed by atoms with Gasteiger partial charge in [0.05, 0.1) is 8.95 Å². The first-order valence-electron chi connectivity index (χ1n) is 4.78. The molecule has 0 heterocycles. The minimum Gasteiger partial charge on any atom is -0.416 e. The lowest BCUT2D eigenvalue weighted by molar-refractivity contribution is 0.667. The van der Waals surface area contributed by atoms with Crippen molar-refractivity contribution in [3.05, 3.63) is 48.2 Å². The Morgan fingerprint density at radius 3 is 1.67 bits per heavy atom. The highest BCUT2D eigenvalue weighted by Crippen LogP contribution is 2.50. The number of rotatable bonds is 2. The summed E-state index contributed by atoms with van der Waals surface area (Å²) >= 11 is 17.2. The molecule has 2 aromatic rings. The molecule has 0 radical (unpaired) electrons. The predicted octanol–water partition coefficient (Wildman–Crippen LogP) is 7.09. The minimum atomic E-state index is 0.674. The van der Waals surface area contributed by atoms with E-state index in [1.807, 2.05) is 18.2 Å². The van der Waals surface area contributed by atoms with Crippen molar-refractivity contribution >= 4 is 80.0 Å². The summed E-state index contributed by atoms with van der Waals surface area (Å²) < 4.78 is 8.73. The first-order valence-corrected chi connectivity index (χ1v) is 8.59. The van der Waals surface area contributed by atoms with Crippen LogP contribution >= 0.6 is 80.0 Å². The van der Waals surface area contributed by atoms with E-state index in [0.29, 0.717) is 5.75 Å². The molecule has 0 aromatic heterocycles. The van der Waals surface area contributed by atoms with Crippen molar-refractivity contribution in [2.24, 2.45) is 0 Å². The Morgan fingerprint density at radius 2 is 1.22 bits per heavy atom. The molecule has 6 heteroatoms. The maximum atomic E-state index is 5.19. The molecule has 0 saturated carbocycles. The van der Waals surface area contributed by atoms with E-state index >= 15 is 0 Å². The van der Waals surface area contributed by atoms with Gasteiger partial charge in [-0.2, -0.15) is 0 Å². The highest BCUT2D eigenvalue weighted by molar-refractivity contribution is 9.14. The molecular formula is C12H5Br5O. The lowest BCUT2D eigenvalue weighted by Crippen LogP contribution is -1.89. The second-order valence-electron chi connectivity index (χ2n) is 3.40. The topological polar surface area (TPSA) is 9.23 Å². The summed E-state index contributed by atoms with van der Waals surface area (Å²) in [7, 11) is 0. The van der Waals surface area contributed by atoms with Crippen LogP contribution < -0.4 is 3.83 Å². The molecule has 0 fully saturated rings. The molecule has 0 aliphatic carbocycles. The van der Waals surface area contributed by atoms with Crippen LogP contribution in [0.1, 0.15) is 0 Å². The Labute approximate surface area is 147 Å². The SMILES string of the molecule is BrOc1c(Br)c(Br)c(-c2ccccc2)c(Br)c1Br. The van der Waals surface area contributed by atoms with Gasteiger partial charge in [-0.15, -0.1) is 0 Å². The van der Waals surface area contributed by atoms with E-state index in [1.165, 1.54) is 0 Å². The van der Waals surface area contributed by atoms with Crippen LogP contribution in [0.3, 0.4) is 0 Å². The second kappa shape index (κ2) is 6.39. The van der Waals surface area contributed by atoms with Crippen molar-refractivity contribution in [3.63, 3.8) is 0 Å². The molecule has 0 bridgehead atoms. The van der Waals surface area contributed by atoms with Gasteiger partial charge in [-0.25, -0.2) is 0 Å². The normalized spacial score (nSPS) is 10.5. The summed E-state index contributed by atoms with van der Waals surface area (Å²) in [6.07, 6.45) is 0. The van der Waals surface area contributed by atoms with Crippen molar-refractivity contribution < 1.29 is 3.83 Å². The molecule has 0 N–H and O–H groups in total. The molecule has 0 aliphatic heterocycles. The van der Waals surface area contributed by atoms with Crippen LogP contribution in [0.15, 0.2) is 48.2 Å². The Bertz CT molecular complexity index is 554. The molecule has 0 aliphatic rings. The summed E-state index contributed by atoms with van der Waals surface area (Å²) in [5, 5.41) is 0. The highest BCUT2D eigenvalue weighted by Gasteiger charge is 2.20. The fourth-order valence-electron chi connectivity index (χ4n) is 1.54. The van der Waals surface area contributed by atoms with Gasteiger partial charge in [0, 0.05) is 14.5 Å². The van der Waals surface area contributed by atoms with Crippen molar-refractivity contribution in [3.8, 4) is 16.9 Å². The molecule has 0 spiro atoms. The lowest BCUT2D eigenvalue weighted by Gasteiger charge is -2.14. The molecule has 0 saturated heterocycles. The van der Waals surface area contributed by atoms with Gasteiger partial charge in [-0.05, 0) is 69.3 Å². The lowest BCUT2D eigenvalue weighted by atomic mass is 10.1. The van der Waals surface area contributed by atoms with Crippen molar-refractivity contribution in [2.45, 2.75) is 0 Å². The number of hydrogen-bond acceptors (Lipinski definition) is 1. The van der Waals surface area contributed by atoms with Gasteiger partial charge in [0.25, 0.3) is 0 Å². The molecule has 0 amide bonds. The third-order valence-corrected chi connectivity index (χ3v) is 6.85. The van der Waals surface area contributed by atoms with Crippen molar-refractivity contribution in [1.29, 1.82) is 0 Å². The largest absolute Gasteiger partial charge is 0.416 e. The Kier molecular flexibility index (Phi) is 5.34. The van der Waals surface area contributed by atoms with Gasteiger partial charge >= 0.3 is 0 Å². The standard InChI is InChI=1S/C12H5Br5O/c13-8-7(6-4-2-1-3-5-6)9(14)11(16)12(18-17)10(8)15/h1-5H. The van der Waals surface area contributed by atoms with Gasteiger partial charge in [-0.1, -0.05) is 30.3 Å². The number of benzene rings is 2. The average molecular weight is 565 g/mol. The molecule has 2 aromatic carbocycles. The van der Waals surface area contributed by atoms with Crippen LogP contribution in [0.5, 0.6) is 5.75 Å². The summed E-state index contributed by atoms with van der Waals surface area (Å²) in [5.41, 5.74) is 2.17. The Balaban J connectivity index is 2.78. The second-order valence-corrected chi connectivity index (χ2v) is 6.90. The van der Waals surface area contributed by atoms with Gasteiger partial charge < -0.3 is 3.83 Å². The van der Waals surface area contributed by atoms with Gasteiger partial charge in [0.2, 0.25) is 0 Å². The third kappa shape index (κ3) is 2.73. The summed E-state index contributed by atoms with van der Waals surface area (Å²) in [6.45, 7) is 0. The third-order valence-electron chi connectivity index (χ3n) is 2.36. The van der Waals surface area contributed by atoms with Crippen LogP contribution in [0.2, 0.25) is 0 Å². The molecule has 2 rings (SSSR count). The van der Waals surface area contributed by atoms with Crippen LogP contribution in [-0.4, -0.2) is 0 Å². The maximum absolute atomic E-state index is 5.19. The molecule has 94 valence electrons. The van der Waals surface area contributed by atoms with Gasteiger partial charge in [0.15, 0.2) is 22.0 Å². The van der Waals surface area contributed by atoms with Gasteiger partial charge in [0.1, 0.15) is 0 Å². The predicted molar refractivity (Wildman–Crippen MR) is 92.2 cm³/mol. The van der Waals surface area contributed by atoms with Crippen molar-refractivity contribution in [1.82, 2.24) is 0 Å². The van der Waals surface area contributed by atoms with E-state index in [9.17, 15) is 0 Å². The van der Waals surface area contributed by atoms with E-state index in [2.05, 4.69) is 92.1 Å². The summed E-state index contributed by atoms with van der Waals surface area (Å²) in [4.78, 5) is 0. The van der Waals surface area contributed by atoms with Crippen molar-refractivity contribution in [2.75, 3.05) is 0 Å². The first-order chi connectivity index (χ1) is 8.57. The van der Waals surface area contributed by atoms with E-state index < -0.39 is 0 Å². The van der Waals surface area contributed by atoms with E-state index in [-0.39, 0.29) is 0 Å². The zero-order chi connectivity index (χ0) is 13.3. The molecule has 1 nitrogen and oxygen atoms in total. The van der Waals surface area contributed by atoms with E-state index in [4.69, 9.17) is 3.83 Å². The summed E-state index contributed by atoms with van der Waals surface area (Å²) in [6, 6.07) is 10.1. The monoisotopic (exact) mass is 560 g/mol. The molecule has 0 atom stereocenters. The smallest absolute Gasteiger partial charge is 0.179 e. The van der Waals surface area contributed by atoms with Crippen LogP contribution in [0.25, 0.3) is 11.1 Å². The zero-order valence-electron chi connectivity index (χ0n) is 8.68. The number of halogens is 5. The fourth-order valence-corrected chi connectivity index (χ4v) is 5.00. The minimum absolute atomic E-state index is 0.674. The Morgan fingerprint density at radius 1 is 0.722 bits per heavy atom. The summed E-state index contributed by atoms with van der Waals surface area (Å²) in [5.74, 6) is 0.674. The maximum Gasteiger partial charge on any atom is 0.179 e.